The normalized spacial score (nSPS) is 33.0. The Balaban J connectivity index is 1.44. The van der Waals surface area contributed by atoms with Gasteiger partial charge in [-0.1, -0.05) is 6.07 Å². The third-order valence-corrected chi connectivity index (χ3v) is 5.68. The second-order valence-electron chi connectivity index (χ2n) is 7.29. The maximum atomic E-state index is 5.81. The van der Waals surface area contributed by atoms with Crippen LogP contribution in [0.4, 0.5) is 0 Å². The molecular weight excluding hydrogens is 274 g/mol. The Hall–Kier alpha value is -0.970. The zero-order valence-corrected chi connectivity index (χ0v) is 13.5. The Bertz CT molecular complexity index is 490. The number of aromatic nitrogens is 1. The van der Waals surface area contributed by atoms with E-state index in [9.17, 15) is 0 Å². The highest BCUT2D eigenvalue weighted by Crippen LogP contribution is 2.37. The molecule has 3 atom stereocenters. The number of ether oxygens (including phenoxy) is 1. The lowest BCUT2D eigenvalue weighted by molar-refractivity contribution is -0.0230. The Kier molecular flexibility index (Phi) is 4.16. The summed E-state index contributed by atoms with van der Waals surface area (Å²) >= 11 is 0. The monoisotopic (exact) mass is 301 g/mol. The van der Waals surface area contributed by atoms with Crippen molar-refractivity contribution in [1.82, 2.24) is 14.8 Å². The zero-order chi connectivity index (χ0) is 14.9. The van der Waals surface area contributed by atoms with Crippen LogP contribution in [-0.2, 0) is 11.3 Å². The third kappa shape index (κ3) is 3.05. The fraction of sp³-hybridized carbons (Fsp3) is 0.722. The largest absolute Gasteiger partial charge is 0.381 e. The number of hydrogen-bond acceptors (Lipinski definition) is 4. The molecular formula is C18H27N3O. The first kappa shape index (κ1) is 14.6. The van der Waals surface area contributed by atoms with Crippen LogP contribution in [-0.4, -0.2) is 60.2 Å². The highest BCUT2D eigenvalue weighted by atomic mass is 16.5. The molecule has 120 valence electrons. The summed E-state index contributed by atoms with van der Waals surface area (Å²) in [5, 5.41) is 0. The van der Waals surface area contributed by atoms with Crippen LogP contribution in [0.15, 0.2) is 24.5 Å². The Morgan fingerprint density at radius 3 is 2.91 bits per heavy atom. The van der Waals surface area contributed by atoms with E-state index in [0.29, 0.717) is 18.1 Å². The second-order valence-corrected chi connectivity index (χ2v) is 7.29. The van der Waals surface area contributed by atoms with Crippen molar-refractivity contribution in [2.75, 3.05) is 33.3 Å². The van der Waals surface area contributed by atoms with Crippen LogP contribution in [0.25, 0.3) is 0 Å². The molecule has 2 aliphatic heterocycles. The van der Waals surface area contributed by atoms with E-state index in [4.69, 9.17) is 4.74 Å². The van der Waals surface area contributed by atoms with Crippen molar-refractivity contribution in [1.29, 1.82) is 0 Å². The topological polar surface area (TPSA) is 28.6 Å². The number of rotatable bonds is 5. The van der Waals surface area contributed by atoms with Crippen molar-refractivity contribution in [3.8, 4) is 0 Å². The van der Waals surface area contributed by atoms with E-state index in [0.717, 1.165) is 12.5 Å². The molecule has 4 heteroatoms. The van der Waals surface area contributed by atoms with E-state index in [-0.39, 0.29) is 0 Å². The highest BCUT2D eigenvalue weighted by molar-refractivity contribution is 5.10. The maximum absolute atomic E-state index is 5.81. The number of fused-ring (bicyclic) bond motifs is 1. The van der Waals surface area contributed by atoms with Gasteiger partial charge in [0.2, 0.25) is 0 Å². The molecule has 0 aromatic carbocycles. The van der Waals surface area contributed by atoms with E-state index >= 15 is 0 Å². The lowest BCUT2D eigenvalue weighted by atomic mass is 9.89. The van der Waals surface area contributed by atoms with Gasteiger partial charge in [-0.2, -0.15) is 0 Å². The van der Waals surface area contributed by atoms with Crippen molar-refractivity contribution in [2.24, 2.45) is 11.8 Å². The van der Waals surface area contributed by atoms with Gasteiger partial charge < -0.3 is 4.74 Å². The number of piperidine rings is 1. The van der Waals surface area contributed by atoms with Gasteiger partial charge in [0.25, 0.3) is 0 Å². The standard InChI is InChI=1S/C18H27N3O/c1-22-18-6-8-21(11-14-4-5-14)17-13-20(12-16(17)18)10-15-3-2-7-19-9-15/h2-3,7,9,14,16-18H,4-6,8,10-13H2,1H3/t16-,17+,18-/m1/s1. The van der Waals surface area contributed by atoms with Crippen LogP contribution in [0.5, 0.6) is 0 Å². The average Bonchev–Trinajstić information content (AvgIpc) is 3.26. The van der Waals surface area contributed by atoms with Crippen LogP contribution in [0, 0.1) is 11.8 Å². The van der Waals surface area contributed by atoms with E-state index < -0.39 is 0 Å². The molecule has 2 saturated heterocycles. The van der Waals surface area contributed by atoms with Crippen molar-refractivity contribution in [3.05, 3.63) is 30.1 Å². The maximum Gasteiger partial charge on any atom is 0.0639 e. The fourth-order valence-electron chi connectivity index (χ4n) is 4.35. The second kappa shape index (κ2) is 6.26. The lowest BCUT2D eigenvalue weighted by Gasteiger charge is -2.41. The molecule has 22 heavy (non-hydrogen) atoms. The van der Waals surface area contributed by atoms with Crippen molar-refractivity contribution < 1.29 is 4.74 Å². The first-order valence-electron chi connectivity index (χ1n) is 8.71. The van der Waals surface area contributed by atoms with Crippen LogP contribution >= 0.6 is 0 Å². The van der Waals surface area contributed by atoms with E-state index in [1.807, 2.05) is 25.6 Å². The molecule has 0 amide bonds. The van der Waals surface area contributed by atoms with Gasteiger partial charge in [0.15, 0.2) is 0 Å². The van der Waals surface area contributed by atoms with Gasteiger partial charge in [-0.25, -0.2) is 0 Å². The summed E-state index contributed by atoms with van der Waals surface area (Å²) in [6.45, 7) is 5.91. The van der Waals surface area contributed by atoms with Crippen molar-refractivity contribution >= 4 is 0 Å². The minimum atomic E-state index is 0.444. The van der Waals surface area contributed by atoms with Crippen LogP contribution in [0.2, 0.25) is 0 Å². The smallest absolute Gasteiger partial charge is 0.0639 e. The van der Waals surface area contributed by atoms with Crippen LogP contribution < -0.4 is 0 Å². The van der Waals surface area contributed by atoms with Gasteiger partial charge in [0, 0.05) is 64.2 Å². The molecule has 1 aliphatic carbocycles. The Labute approximate surface area is 133 Å². The summed E-state index contributed by atoms with van der Waals surface area (Å²) < 4.78 is 5.81. The van der Waals surface area contributed by atoms with Crippen molar-refractivity contribution in [2.45, 2.75) is 38.0 Å². The van der Waals surface area contributed by atoms with Gasteiger partial charge in [0.1, 0.15) is 0 Å². The molecule has 1 aromatic rings. The molecule has 1 aromatic heterocycles. The Morgan fingerprint density at radius 2 is 2.18 bits per heavy atom. The summed E-state index contributed by atoms with van der Waals surface area (Å²) in [5.74, 6) is 1.65. The Morgan fingerprint density at radius 1 is 1.27 bits per heavy atom. The van der Waals surface area contributed by atoms with Gasteiger partial charge in [-0.15, -0.1) is 0 Å². The number of pyridine rings is 1. The van der Waals surface area contributed by atoms with Gasteiger partial charge in [0.05, 0.1) is 6.10 Å². The van der Waals surface area contributed by atoms with Gasteiger partial charge in [-0.3, -0.25) is 14.8 Å². The van der Waals surface area contributed by atoms with Crippen LogP contribution in [0.1, 0.15) is 24.8 Å². The van der Waals surface area contributed by atoms with Gasteiger partial charge in [-0.05, 0) is 36.8 Å². The minimum absolute atomic E-state index is 0.444. The molecule has 4 rings (SSSR count). The van der Waals surface area contributed by atoms with Crippen molar-refractivity contribution in [3.63, 3.8) is 0 Å². The van der Waals surface area contributed by atoms with Crippen LogP contribution in [0.3, 0.4) is 0 Å². The number of nitrogens with zero attached hydrogens (tertiary/aromatic N) is 3. The van der Waals surface area contributed by atoms with E-state index in [1.54, 1.807) is 0 Å². The summed E-state index contributed by atoms with van der Waals surface area (Å²) in [6.07, 6.45) is 8.38. The molecule has 1 saturated carbocycles. The number of hydrogen-bond donors (Lipinski definition) is 0. The average molecular weight is 301 g/mol. The summed E-state index contributed by atoms with van der Waals surface area (Å²) in [6, 6.07) is 4.91. The van der Waals surface area contributed by atoms with E-state index in [2.05, 4.69) is 20.9 Å². The minimum Gasteiger partial charge on any atom is -0.381 e. The fourth-order valence-corrected chi connectivity index (χ4v) is 4.35. The predicted octanol–water partition coefficient (Wildman–Crippen LogP) is 2.01. The molecule has 0 unspecified atom stereocenters. The SMILES string of the molecule is CO[C@@H]1CCN(CC2CC2)[C@H]2CN(Cc3cccnc3)C[C@@H]12. The summed E-state index contributed by atoms with van der Waals surface area (Å²) in [4.78, 5) is 9.62. The summed E-state index contributed by atoms with van der Waals surface area (Å²) in [5.41, 5.74) is 1.32. The molecule has 3 aliphatic rings. The van der Waals surface area contributed by atoms with Gasteiger partial charge >= 0.3 is 0 Å². The molecule has 0 spiro atoms. The predicted molar refractivity (Wildman–Crippen MR) is 86.5 cm³/mol. The summed E-state index contributed by atoms with van der Waals surface area (Å²) in [7, 11) is 1.89. The molecule has 0 bridgehead atoms. The first-order valence-corrected chi connectivity index (χ1v) is 8.71. The highest BCUT2D eigenvalue weighted by Gasteiger charge is 2.45. The number of methoxy groups -OCH3 is 1. The number of likely N-dealkylation sites (tertiary alicyclic amines) is 2. The van der Waals surface area contributed by atoms with E-state index in [1.165, 1.54) is 51.0 Å². The zero-order valence-electron chi connectivity index (χ0n) is 13.5. The molecule has 4 nitrogen and oxygen atoms in total. The third-order valence-electron chi connectivity index (χ3n) is 5.68. The molecule has 3 heterocycles. The quantitative estimate of drug-likeness (QED) is 0.832. The lowest BCUT2D eigenvalue weighted by Crippen LogP contribution is -2.51. The molecule has 0 radical (unpaired) electrons. The molecule has 0 N–H and O–H groups in total. The first-order chi connectivity index (χ1) is 10.8. The molecule has 3 fully saturated rings.